The van der Waals surface area contributed by atoms with E-state index in [0.29, 0.717) is 0 Å². The maximum absolute atomic E-state index is 4.93. The number of fused-ring (bicyclic) bond motifs is 2. The van der Waals surface area contributed by atoms with E-state index >= 15 is 0 Å². The Morgan fingerprint density at radius 2 is 0.887 bits per heavy atom. The average Bonchev–Trinajstić information content (AvgIpc) is 4.17. The van der Waals surface area contributed by atoms with Gasteiger partial charge in [-0.25, -0.2) is 0 Å². The second kappa shape index (κ2) is 25.5. The summed E-state index contributed by atoms with van der Waals surface area (Å²) >= 11 is -0.826. The summed E-state index contributed by atoms with van der Waals surface area (Å²) in [6.45, 7) is 4.46. The van der Waals surface area contributed by atoms with Crippen molar-refractivity contribution >= 4 is 48.1 Å². The van der Waals surface area contributed by atoms with Crippen LogP contribution in [0.3, 0.4) is 0 Å². The summed E-state index contributed by atoms with van der Waals surface area (Å²) in [6.07, 6.45) is 29.3. The minimum absolute atomic E-state index is 0.792. The normalized spacial score (nSPS) is 17.5. The summed E-state index contributed by atoms with van der Waals surface area (Å²) in [5.41, 5.74) is 11.7. The summed E-state index contributed by atoms with van der Waals surface area (Å²) < 4.78 is 0. The third kappa shape index (κ3) is 13.4. The number of hydrogen-bond donors (Lipinski definition) is 0. The zero-order chi connectivity index (χ0) is 42.9. The average molecular weight is 959 g/mol. The van der Waals surface area contributed by atoms with Gasteiger partial charge in [-0.15, -0.1) is 69.1 Å². The third-order valence-corrected chi connectivity index (χ3v) is 15.7. The van der Waals surface area contributed by atoms with E-state index in [9.17, 15) is 0 Å². The fourth-order valence-electron chi connectivity index (χ4n) is 11.4. The van der Waals surface area contributed by atoms with Gasteiger partial charge in [0.05, 0.1) is 0 Å². The molecule has 326 valence electrons. The minimum atomic E-state index is -0.826. The fourth-order valence-corrected chi connectivity index (χ4v) is 11.9. The molecule has 0 bridgehead atoms. The largest absolute Gasteiger partial charge is 0.164 e. The summed E-state index contributed by atoms with van der Waals surface area (Å²) in [5.74, 6) is 3.42. The van der Waals surface area contributed by atoms with Crippen molar-refractivity contribution in [3.63, 3.8) is 0 Å². The molecule has 0 atom stereocenters. The zero-order valence-electron chi connectivity index (χ0n) is 38.0. The molecule has 0 saturated heterocycles. The summed E-state index contributed by atoms with van der Waals surface area (Å²) in [5, 5.41) is 5.71. The van der Waals surface area contributed by atoms with Gasteiger partial charge < -0.3 is 0 Å². The summed E-state index contributed by atoms with van der Waals surface area (Å²) in [7, 11) is 11.0. The predicted molar refractivity (Wildman–Crippen MR) is 271 cm³/mol. The maximum Gasteiger partial charge on any atom is -0.0162 e. The standard InChI is InChI=1S/2C27H31.C4H10Si.2ClH.Zr/c2*1-2-9-22(10-3-1)23-13-15-24(16-14-23)26-12-6-11-25-18-21(19-27(25)26)17-20-7-4-5-8-20;1-3-4-5-2;;;/h2*6,11-16,18-20,22H,1-5,7-10,17H2;3-4H2,1-2H3;2*1H;/q2*-1;;;;+4/p-2. The van der Waals surface area contributed by atoms with Crippen molar-refractivity contribution in [3.05, 3.63) is 131 Å². The van der Waals surface area contributed by atoms with E-state index in [2.05, 4.69) is 123 Å². The van der Waals surface area contributed by atoms with Crippen molar-refractivity contribution in [2.75, 3.05) is 0 Å². The van der Waals surface area contributed by atoms with Gasteiger partial charge in [0, 0.05) is 9.52 Å². The van der Waals surface area contributed by atoms with E-state index in [-0.39, 0.29) is 0 Å². The Morgan fingerprint density at radius 1 is 0.516 bits per heavy atom. The molecule has 4 saturated carbocycles. The van der Waals surface area contributed by atoms with Crippen LogP contribution in [0, 0.1) is 11.8 Å². The molecule has 0 nitrogen and oxygen atoms in total. The van der Waals surface area contributed by atoms with Crippen LogP contribution in [0.25, 0.3) is 43.8 Å². The topological polar surface area (TPSA) is 0 Å². The quantitative estimate of drug-likeness (QED) is 0.0948. The first-order valence-electron chi connectivity index (χ1n) is 24.7. The molecule has 2 radical (unpaired) electrons. The Morgan fingerprint density at radius 3 is 1.23 bits per heavy atom. The van der Waals surface area contributed by atoms with Gasteiger partial charge >= 0.3 is 37.9 Å². The number of hydrogen-bond acceptors (Lipinski definition) is 0. The minimum Gasteiger partial charge on any atom is -0.164 e. The van der Waals surface area contributed by atoms with Gasteiger partial charge in [0.25, 0.3) is 0 Å². The van der Waals surface area contributed by atoms with Gasteiger partial charge in [0.2, 0.25) is 0 Å². The molecule has 0 spiro atoms. The molecule has 4 heteroatoms. The van der Waals surface area contributed by atoms with Crippen LogP contribution in [0.2, 0.25) is 12.6 Å². The van der Waals surface area contributed by atoms with Crippen LogP contribution in [0.1, 0.15) is 163 Å². The molecule has 6 aromatic carbocycles. The number of rotatable bonds is 10. The molecule has 6 aromatic rings. The van der Waals surface area contributed by atoms with Gasteiger partial charge in [-0.05, 0) is 84.5 Å². The van der Waals surface area contributed by atoms with Crippen molar-refractivity contribution in [3.8, 4) is 22.3 Å². The molecule has 0 aliphatic heterocycles. The summed E-state index contributed by atoms with van der Waals surface area (Å²) in [6, 6.07) is 43.9. The molecule has 0 aromatic heterocycles. The maximum atomic E-state index is 4.93. The van der Waals surface area contributed by atoms with E-state index in [0.717, 1.165) is 33.2 Å². The van der Waals surface area contributed by atoms with E-state index in [1.807, 2.05) is 0 Å². The SMILES string of the molecule is CCC[Si]C.[Cl][Zr+2][Cl].c1cc(-c2ccc(C3CCCCC3)cc2)c2cc(CC3CCCC3)[cH-]c2c1.c1cc(-c2ccc(C3CCCCC3)cc2)c2cc(CC3CCCC3)[cH-]c2c1. The second-order valence-corrected chi connectivity index (χ2v) is 24.1. The second-order valence-electron chi connectivity index (χ2n) is 19.1. The fraction of sp³-hybridized carbons (Fsp3) is 0.483. The van der Waals surface area contributed by atoms with Crippen LogP contribution in [-0.4, -0.2) is 9.52 Å². The van der Waals surface area contributed by atoms with Crippen LogP contribution >= 0.6 is 17.0 Å². The Hall–Kier alpha value is -2.22. The van der Waals surface area contributed by atoms with E-state index in [1.54, 1.807) is 22.3 Å². The van der Waals surface area contributed by atoms with Crippen molar-refractivity contribution in [1.82, 2.24) is 0 Å². The first-order valence-corrected chi connectivity index (χ1v) is 32.8. The van der Waals surface area contributed by atoms with Crippen LogP contribution < -0.4 is 0 Å². The smallest absolute Gasteiger partial charge is 0.0162 e. The Labute approximate surface area is 397 Å². The van der Waals surface area contributed by atoms with E-state index in [4.69, 9.17) is 17.0 Å². The van der Waals surface area contributed by atoms with Crippen molar-refractivity contribution in [2.24, 2.45) is 11.8 Å². The Balaban J connectivity index is 0.000000159. The van der Waals surface area contributed by atoms with Crippen LogP contribution in [-0.2, 0) is 33.7 Å². The van der Waals surface area contributed by atoms with Crippen molar-refractivity contribution in [2.45, 2.75) is 166 Å². The van der Waals surface area contributed by atoms with Crippen LogP contribution in [0.4, 0.5) is 0 Å². The van der Waals surface area contributed by atoms with Crippen LogP contribution in [0.15, 0.2) is 109 Å². The molecule has 0 amide bonds. The number of halogens is 2. The predicted octanol–water partition coefficient (Wildman–Crippen LogP) is 19.0. The van der Waals surface area contributed by atoms with Crippen molar-refractivity contribution < 1.29 is 20.8 Å². The molecule has 10 rings (SSSR count). The molecule has 4 aliphatic carbocycles. The molecule has 4 fully saturated rings. The molecular formula is C58H72Cl2SiZr. The summed E-state index contributed by atoms with van der Waals surface area (Å²) in [4.78, 5) is 0. The van der Waals surface area contributed by atoms with Gasteiger partial charge in [0.1, 0.15) is 0 Å². The van der Waals surface area contributed by atoms with Gasteiger partial charge in [0.15, 0.2) is 0 Å². The van der Waals surface area contributed by atoms with E-state index in [1.165, 1.54) is 185 Å². The van der Waals surface area contributed by atoms with E-state index < -0.39 is 20.8 Å². The van der Waals surface area contributed by atoms with Gasteiger partial charge in [-0.2, -0.15) is 12.1 Å². The molecule has 4 aliphatic rings. The Kier molecular flexibility index (Phi) is 19.6. The first-order chi connectivity index (χ1) is 30.6. The van der Waals surface area contributed by atoms with Gasteiger partial charge in [-0.3, -0.25) is 0 Å². The molecule has 0 heterocycles. The van der Waals surface area contributed by atoms with Crippen molar-refractivity contribution in [1.29, 1.82) is 0 Å². The molecule has 0 unspecified atom stereocenters. The molecule has 0 N–H and O–H groups in total. The molecule has 62 heavy (non-hydrogen) atoms. The Bertz CT molecular complexity index is 2020. The van der Waals surface area contributed by atoms with Crippen LogP contribution in [0.5, 0.6) is 0 Å². The number of benzene rings is 4. The first kappa shape index (κ1) is 47.7. The zero-order valence-corrected chi connectivity index (χ0v) is 43.0. The third-order valence-electron chi connectivity index (χ3n) is 14.7. The van der Waals surface area contributed by atoms with Gasteiger partial charge in [-0.1, -0.05) is 188 Å². The monoisotopic (exact) mass is 956 g/mol. The molecular weight excluding hydrogens is 887 g/mol.